The molecule has 0 spiro atoms. The molecule has 24 heavy (non-hydrogen) atoms. The molecule has 0 fully saturated rings. The fourth-order valence-electron chi connectivity index (χ4n) is 2.55. The van der Waals surface area contributed by atoms with Crippen LogP contribution in [0.15, 0.2) is 40.8 Å². The number of aromatic nitrogens is 1. The second-order valence-corrected chi connectivity index (χ2v) is 7.23. The molecular weight excluding hydrogens is 300 g/mol. The molecule has 124 valence electrons. The predicted molar refractivity (Wildman–Crippen MR) is 97.0 cm³/mol. The highest BCUT2D eigenvalue weighted by Gasteiger charge is 2.21. The molecule has 0 saturated heterocycles. The maximum absolute atomic E-state index is 12.2. The van der Waals surface area contributed by atoms with E-state index in [0.29, 0.717) is 5.89 Å². The first-order valence-corrected chi connectivity index (χ1v) is 8.04. The third-order valence-electron chi connectivity index (χ3n) is 3.87. The Labute approximate surface area is 141 Å². The molecule has 1 N–H and O–H groups in total. The van der Waals surface area contributed by atoms with Gasteiger partial charge in [-0.2, -0.15) is 0 Å². The standard InChI is InChI=1S/C20H22N2O2/c1-12-9-13(2)17-16(10-12)22-18(24-17)14-7-6-8-15(11-14)21-19(23)20(3,4)5/h6-11H,1-5H3,(H,21,23). The molecule has 4 nitrogen and oxygen atoms in total. The van der Waals surface area contributed by atoms with Crippen molar-refractivity contribution >= 4 is 22.7 Å². The highest BCUT2D eigenvalue weighted by molar-refractivity contribution is 5.95. The molecule has 1 amide bonds. The number of nitrogens with zero attached hydrogens (tertiary/aromatic N) is 1. The van der Waals surface area contributed by atoms with Gasteiger partial charge >= 0.3 is 0 Å². The van der Waals surface area contributed by atoms with E-state index in [1.165, 1.54) is 0 Å². The van der Waals surface area contributed by atoms with Crippen molar-refractivity contribution < 1.29 is 9.21 Å². The van der Waals surface area contributed by atoms with Gasteiger partial charge in [0.25, 0.3) is 0 Å². The molecular formula is C20H22N2O2. The number of benzene rings is 2. The van der Waals surface area contributed by atoms with Crippen LogP contribution in [0.2, 0.25) is 0 Å². The Morgan fingerprint density at radius 2 is 1.88 bits per heavy atom. The molecule has 0 saturated carbocycles. The molecule has 1 aromatic heterocycles. The third-order valence-corrected chi connectivity index (χ3v) is 3.87. The number of anilines is 1. The normalized spacial score (nSPS) is 11.7. The van der Waals surface area contributed by atoms with Gasteiger partial charge in [0.05, 0.1) is 0 Å². The first-order chi connectivity index (χ1) is 11.2. The van der Waals surface area contributed by atoms with Crippen molar-refractivity contribution in [1.29, 1.82) is 0 Å². The molecule has 2 aromatic carbocycles. The molecule has 3 aromatic rings. The lowest BCUT2D eigenvalue weighted by atomic mass is 9.95. The highest BCUT2D eigenvalue weighted by atomic mass is 16.3. The van der Waals surface area contributed by atoms with Crippen LogP contribution < -0.4 is 5.32 Å². The monoisotopic (exact) mass is 322 g/mol. The second kappa shape index (κ2) is 5.78. The zero-order chi connectivity index (χ0) is 17.5. The van der Waals surface area contributed by atoms with Crippen LogP contribution in [-0.4, -0.2) is 10.9 Å². The van der Waals surface area contributed by atoms with E-state index in [0.717, 1.165) is 33.5 Å². The molecule has 0 unspecified atom stereocenters. The smallest absolute Gasteiger partial charge is 0.229 e. The van der Waals surface area contributed by atoms with Gasteiger partial charge in [-0.1, -0.05) is 32.9 Å². The van der Waals surface area contributed by atoms with Crippen LogP contribution in [-0.2, 0) is 4.79 Å². The van der Waals surface area contributed by atoms with Gasteiger partial charge in [0.15, 0.2) is 5.58 Å². The van der Waals surface area contributed by atoms with Gasteiger partial charge in [-0.25, -0.2) is 4.98 Å². The van der Waals surface area contributed by atoms with Crippen LogP contribution in [0.5, 0.6) is 0 Å². The summed E-state index contributed by atoms with van der Waals surface area (Å²) in [5.41, 5.74) is 5.03. The number of fused-ring (bicyclic) bond motifs is 1. The summed E-state index contributed by atoms with van der Waals surface area (Å²) in [6, 6.07) is 11.7. The van der Waals surface area contributed by atoms with Gasteiger partial charge < -0.3 is 9.73 Å². The number of hydrogen-bond donors (Lipinski definition) is 1. The van der Waals surface area contributed by atoms with Gasteiger partial charge in [0, 0.05) is 16.7 Å². The summed E-state index contributed by atoms with van der Waals surface area (Å²) < 4.78 is 5.94. The van der Waals surface area contributed by atoms with Gasteiger partial charge in [0.1, 0.15) is 5.52 Å². The van der Waals surface area contributed by atoms with Gasteiger partial charge in [-0.05, 0) is 49.2 Å². The van der Waals surface area contributed by atoms with Gasteiger partial charge in [0.2, 0.25) is 11.8 Å². The number of amides is 1. The lowest BCUT2D eigenvalue weighted by Gasteiger charge is -2.17. The summed E-state index contributed by atoms with van der Waals surface area (Å²) in [7, 11) is 0. The van der Waals surface area contributed by atoms with Crippen molar-refractivity contribution in [3.63, 3.8) is 0 Å². The first-order valence-electron chi connectivity index (χ1n) is 8.04. The van der Waals surface area contributed by atoms with Crippen LogP contribution in [0.1, 0.15) is 31.9 Å². The van der Waals surface area contributed by atoms with Crippen molar-refractivity contribution in [1.82, 2.24) is 4.98 Å². The SMILES string of the molecule is Cc1cc(C)c2oc(-c3cccc(NC(=O)C(C)(C)C)c3)nc2c1. The van der Waals surface area contributed by atoms with Crippen LogP contribution in [0, 0.1) is 19.3 Å². The molecule has 0 aliphatic heterocycles. The van der Waals surface area contributed by atoms with Crippen molar-refractivity contribution in [2.75, 3.05) is 5.32 Å². The van der Waals surface area contributed by atoms with Gasteiger partial charge in [-0.3, -0.25) is 4.79 Å². The summed E-state index contributed by atoms with van der Waals surface area (Å²) in [5.74, 6) is 0.536. The average molecular weight is 322 g/mol. The zero-order valence-electron chi connectivity index (χ0n) is 14.7. The fraction of sp³-hybridized carbons (Fsp3) is 0.300. The Balaban J connectivity index is 1.97. The largest absolute Gasteiger partial charge is 0.436 e. The summed E-state index contributed by atoms with van der Waals surface area (Å²) in [6.45, 7) is 9.72. The summed E-state index contributed by atoms with van der Waals surface area (Å²) in [5, 5.41) is 2.94. The molecule has 3 rings (SSSR count). The van der Waals surface area contributed by atoms with E-state index in [1.807, 2.05) is 65.0 Å². The number of hydrogen-bond acceptors (Lipinski definition) is 3. The molecule has 0 aliphatic rings. The minimum absolute atomic E-state index is 0.0244. The number of carbonyl (C=O) groups is 1. The Morgan fingerprint density at radius 3 is 2.58 bits per heavy atom. The highest BCUT2D eigenvalue weighted by Crippen LogP contribution is 2.29. The quantitative estimate of drug-likeness (QED) is 0.714. The topological polar surface area (TPSA) is 55.1 Å². The molecule has 0 radical (unpaired) electrons. The van der Waals surface area contributed by atoms with Crippen LogP contribution in [0.3, 0.4) is 0 Å². The van der Waals surface area contributed by atoms with Crippen LogP contribution in [0.25, 0.3) is 22.6 Å². The number of nitrogens with one attached hydrogen (secondary N) is 1. The lowest BCUT2D eigenvalue weighted by Crippen LogP contribution is -2.27. The zero-order valence-corrected chi connectivity index (χ0v) is 14.7. The van der Waals surface area contributed by atoms with Crippen molar-refractivity contribution in [3.05, 3.63) is 47.5 Å². The number of aryl methyl sites for hydroxylation is 2. The minimum Gasteiger partial charge on any atom is -0.436 e. The third kappa shape index (κ3) is 3.18. The maximum atomic E-state index is 12.2. The minimum atomic E-state index is -0.442. The van der Waals surface area contributed by atoms with Crippen LogP contribution in [0.4, 0.5) is 5.69 Å². The van der Waals surface area contributed by atoms with E-state index in [1.54, 1.807) is 0 Å². The van der Waals surface area contributed by atoms with Crippen molar-refractivity contribution in [2.45, 2.75) is 34.6 Å². The van der Waals surface area contributed by atoms with E-state index in [9.17, 15) is 4.79 Å². The van der Waals surface area contributed by atoms with E-state index in [-0.39, 0.29) is 5.91 Å². The summed E-state index contributed by atoms with van der Waals surface area (Å²) in [4.78, 5) is 16.7. The Hall–Kier alpha value is -2.62. The molecule has 1 heterocycles. The van der Waals surface area contributed by atoms with Crippen molar-refractivity contribution in [2.24, 2.45) is 5.41 Å². The Bertz CT molecular complexity index is 917. The van der Waals surface area contributed by atoms with Crippen LogP contribution >= 0.6 is 0 Å². The van der Waals surface area contributed by atoms with E-state index < -0.39 is 5.41 Å². The molecule has 0 atom stereocenters. The Morgan fingerprint density at radius 1 is 1.12 bits per heavy atom. The van der Waals surface area contributed by atoms with Crippen molar-refractivity contribution in [3.8, 4) is 11.5 Å². The number of carbonyl (C=O) groups excluding carboxylic acids is 1. The first kappa shape index (κ1) is 16.2. The Kier molecular flexibility index (Phi) is 3.91. The summed E-state index contributed by atoms with van der Waals surface area (Å²) in [6.07, 6.45) is 0. The van der Waals surface area contributed by atoms with E-state index in [4.69, 9.17) is 4.42 Å². The molecule has 0 bridgehead atoms. The van der Waals surface area contributed by atoms with E-state index >= 15 is 0 Å². The fourth-order valence-corrected chi connectivity index (χ4v) is 2.55. The lowest BCUT2D eigenvalue weighted by molar-refractivity contribution is -0.123. The predicted octanol–water partition coefficient (Wildman–Crippen LogP) is 5.10. The summed E-state index contributed by atoms with van der Waals surface area (Å²) >= 11 is 0. The van der Waals surface area contributed by atoms with E-state index in [2.05, 4.69) is 16.4 Å². The number of oxazole rings is 1. The maximum Gasteiger partial charge on any atom is 0.229 e. The number of rotatable bonds is 2. The second-order valence-electron chi connectivity index (χ2n) is 7.23. The van der Waals surface area contributed by atoms with Gasteiger partial charge in [-0.15, -0.1) is 0 Å². The molecule has 0 aliphatic carbocycles. The molecule has 4 heteroatoms. The average Bonchev–Trinajstić information content (AvgIpc) is 2.91.